The zero-order valence-electron chi connectivity index (χ0n) is 21.1. The van der Waals surface area contributed by atoms with Crippen LogP contribution in [-0.2, 0) is 9.53 Å². The first kappa shape index (κ1) is 26.2. The summed E-state index contributed by atoms with van der Waals surface area (Å²) in [5.74, 6) is -1.47. The monoisotopic (exact) mass is 515 g/mol. The van der Waals surface area contributed by atoms with E-state index < -0.39 is 35.6 Å². The molecule has 9 nitrogen and oxygen atoms in total. The molecule has 2 amide bonds. The molecule has 38 heavy (non-hydrogen) atoms. The number of carbonyl (C=O) groups is 3. The Bertz CT molecular complexity index is 1480. The fraction of sp³-hybridized carbons (Fsp3) is 0.179. The maximum absolute atomic E-state index is 14.4. The van der Waals surface area contributed by atoms with E-state index in [0.29, 0.717) is 22.4 Å². The zero-order valence-corrected chi connectivity index (χ0v) is 21.1. The van der Waals surface area contributed by atoms with Crippen molar-refractivity contribution in [3.8, 4) is 16.8 Å². The van der Waals surface area contributed by atoms with Crippen LogP contribution >= 0.6 is 0 Å². The Hall–Kier alpha value is -4.86. The van der Waals surface area contributed by atoms with Crippen LogP contribution < -0.4 is 10.6 Å². The van der Waals surface area contributed by atoms with Gasteiger partial charge in [0.2, 0.25) is 5.91 Å². The second kappa shape index (κ2) is 11.0. The van der Waals surface area contributed by atoms with Gasteiger partial charge in [0.05, 0.1) is 17.8 Å². The molecule has 0 aliphatic rings. The molecule has 0 radical (unpaired) electrons. The second-order valence-corrected chi connectivity index (χ2v) is 9.43. The van der Waals surface area contributed by atoms with E-state index in [0.717, 1.165) is 0 Å². The normalized spacial score (nSPS) is 11.1. The largest absolute Gasteiger partial charge is 0.444 e. The van der Waals surface area contributed by atoms with Crippen LogP contribution in [0.25, 0.3) is 16.8 Å². The summed E-state index contributed by atoms with van der Waals surface area (Å²) in [7, 11) is 0. The lowest BCUT2D eigenvalue weighted by Gasteiger charge is -2.21. The number of nitrogens with one attached hydrogen (secondary N) is 2. The van der Waals surface area contributed by atoms with Gasteiger partial charge in [-0.05, 0) is 56.7 Å². The van der Waals surface area contributed by atoms with Gasteiger partial charge in [-0.1, -0.05) is 36.4 Å². The van der Waals surface area contributed by atoms with Gasteiger partial charge in [-0.2, -0.15) is 0 Å². The van der Waals surface area contributed by atoms with E-state index in [1.807, 2.05) is 0 Å². The molecular formula is C28H26FN5O4. The number of aromatic nitrogens is 3. The van der Waals surface area contributed by atoms with Crippen molar-refractivity contribution in [1.29, 1.82) is 0 Å². The molecule has 10 heteroatoms. The van der Waals surface area contributed by atoms with Gasteiger partial charge >= 0.3 is 6.09 Å². The minimum absolute atomic E-state index is 0.188. The van der Waals surface area contributed by atoms with Crippen LogP contribution in [0.2, 0.25) is 0 Å². The quantitative estimate of drug-likeness (QED) is 0.243. The van der Waals surface area contributed by atoms with E-state index in [-0.39, 0.29) is 11.4 Å². The molecule has 0 atom stereocenters. The molecule has 0 aliphatic heterocycles. The average Bonchev–Trinajstić information content (AvgIpc) is 3.39. The molecule has 194 valence electrons. The van der Waals surface area contributed by atoms with Gasteiger partial charge in [-0.15, -0.1) is 10.2 Å². The van der Waals surface area contributed by atoms with Crippen LogP contribution in [0, 0.1) is 5.82 Å². The van der Waals surface area contributed by atoms with E-state index in [2.05, 4.69) is 20.8 Å². The third-order valence-electron chi connectivity index (χ3n) is 5.32. The highest BCUT2D eigenvalue weighted by Gasteiger charge is 2.20. The average molecular weight is 516 g/mol. The number of amides is 2. The van der Waals surface area contributed by atoms with Crippen molar-refractivity contribution in [2.75, 3.05) is 10.6 Å². The number of nitrogens with zero attached hydrogens (tertiary/aromatic N) is 3. The van der Waals surface area contributed by atoms with Crippen molar-refractivity contribution in [1.82, 2.24) is 14.8 Å². The summed E-state index contributed by atoms with van der Waals surface area (Å²) in [5.41, 5.74) is 1.47. The Kier molecular flexibility index (Phi) is 7.61. The van der Waals surface area contributed by atoms with Crippen molar-refractivity contribution in [2.24, 2.45) is 0 Å². The third-order valence-corrected chi connectivity index (χ3v) is 5.32. The van der Waals surface area contributed by atoms with Crippen molar-refractivity contribution >= 4 is 29.2 Å². The molecular weight excluding hydrogens is 489 g/mol. The van der Waals surface area contributed by atoms with Gasteiger partial charge in [-0.3, -0.25) is 19.5 Å². The number of Topliss-reactive ketones (excluding diaryl/α,β-unsaturated/α-hetero) is 1. The fourth-order valence-corrected chi connectivity index (χ4v) is 3.65. The highest BCUT2D eigenvalue weighted by molar-refractivity contribution is 6.12. The topological polar surface area (TPSA) is 115 Å². The minimum atomic E-state index is -0.742. The van der Waals surface area contributed by atoms with Crippen LogP contribution in [0.3, 0.4) is 0 Å². The minimum Gasteiger partial charge on any atom is -0.444 e. The first-order chi connectivity index (χ1) is 18.1. The summed E-state index contributed by atoms with van der Waals surface area (Å²) in [6.45, 7) is 5.17. The highest BCUT2D eigenvalue weighted by Crippen LogP contribution is 2.31. The summed E-state index contributed by atoms with van der Waals surface area (Å²) < 4.78 is 21.4. The van der Waals surface area contributed by atoms with Gasteiger partial charge in [0.25, 0.3) is 0 Å². The Morgan fingerprint density at radius 1 is 0.895 bits per heavy atom. The number of carbonyl (C=O) groups excluding carboxylic acids is 3. The maximum Gasteiger partial charge on any atom is 0.412 e. The molecule has 1 aromatic heterocycles. The number of hydrogen-bond acceptors (Lipinski definition) is 6. The predicted molar refractivity (Wildman–Crippen MR) is 141 cm³/mol. The summed E-state index contributed by atoms with van der Waals surface area (Å²) in [5, 5.41) is 12.8. The van der Waals surface area contributed by atoms with Crippen LogP contribution in [0.4, 0.5) is 20.6 Å². The lowest BCUT2D eigenvalue weighted by molar-refractivity contribution is -0.115. The number of anilines is 2. The predicted octanol–water partition coefficient (Wildman–Crippen LogP) is 5.63. The molecule has 4 aromatic rings. The molecule has 2 N–H and O–H groups in total. The molecule has 0 bridgehead atoms. The number of ketones is 1. The Morgan fingerprint density at radius 3 is 2.34 bits per heavy atom. The van der Waals surface area contributed by atoms with Gasteiger partial charge in [0.15, 0.2) is 5.78 Å². The van der Waals surface area contributed by atoms with Crippen molar-refractivity contribution in [3.05, 3.63) is 90.8 Å². The van der Waals surface area contributed by atoms with Gasteiger partial charge in [0.1, 0.15) is 24.1 Å². The van der Waals surface area contributed by atoms with Crippen LogP contribution in [0.15, 0.2) is 79.4 Å². The summed E-state index contributed by atoms with van der Waals surface area (Å²) in [4.78, 5) is 38.2. The number of rotatable bonds is 7. The Labute approximate surface area is 218 Å². The first-order valence-electron chi connectivity index (χ1n) is 11.8. The SMILES string of the molecule is CC(C)(C)OC(=O)Nc1ccc(-c2ccccc2F)cc1NC(=O)CC(=O)c1cccc(-n2cnnc2)c1. The molecule has 0 unspecified atom stereocenters. The number of benzene rings is 3. The third kappa shape index (κ3) is 6.67. The van der Waals surface area contributed by atoms with Crippen LogP contribution in [-0.4, -0.2) is 38.1 Å². The summed E-state index contributed by atoms with van der Waals surface area (Å²) in [6.07, 6.45) is 1.81. The van der Waals surface area contributed by atoms with Crippen LogP contribution in [0.5, 0.6) is 0 Å². The molecule has 0 saturated heterocycles. The molecule has 3 aromatic carbocycles. The smallest absolute Gasteiger partial charge is 0.412 e. The zero-order chi connectivity index (χ0) is 27.3. The maximum atomic E-state index is 14.4. The number of halogens is 1. The highest BCUT2D eigenvalue weighted by atomic mass is 19.1. The van der Waals surface area contributed by atoms with E-state index in [1.54, 1.807) is 73.9 Å². The standard InChI is InChI=1S/C28H26FN5O4/c1-28(2,3)38-27(37)33-23-12-11-18(21-9-4-5-10-22(21)29)14-24(23)32-26(36)15-25(35)19-7-6-8-20(13-19)34-16-30-31-17-34/h4-14,16-17H,15H2,1-3H3,(H,32,36)(H,33,37). The second-order valence-electron chi connectivity index (χ2n) is 9.43. The van der Waals surface area contributed by atoms with E-state index in [4.69, 9.17) is 4.74 Å². The summed E-state index contributed by atoms with van der Waals surface area (Å²) >= 11 is 0. The molecule has 0 saturated carbocycles. The first-order valence-corrected chi connectivity index (χ1v) is 11.8. The lowest BCUT2D eigenvalue weighted by atomic mass is 10.0. The fourth-order valence-electron chi connectivity index (χ4n) is 3.65. The van der Waals surface area contributed by atoms with Gasteiger partial charge < -0.3 is 10.1 Å². The molecule has 0 aliphatic carbocycles. The molecule has 0 fully saturated rings. The van der Waals surface area contributed by atoms with Crippen molar-refractivity contribution < 1.29 is 23.5 Å². The van der Waals surface area contributed by atoms with Gasteiger partial charge in [0, 0.05) is 16.8 Å². The number of ether oxygens (including phenoxy) is 1. The molecule has 1 heterocycles. The number of hydrogen-bond donors (Lipinski definition) is 2. The Balaban J connectivity index is 1.56. The van der Waals surface area contributed by atoms with E-state index >= 15 is 0 Å². The van der Waals surface area contributed by atoms with E-state index in [1.165, 1.54) is 30.9 Å². The molecule has 0 spiro atoms. The van der Waals surface area contributed by atoms with Crippen LogP contribution in [0.1, 0.15) is 37.6 Å². The van der Waals surface area contributed by atoms with Gasteiger partial charge in [-0.25, -0.2) is 9.18 Å². The van der Waals surface area contributed by atoms with Crippen molar-refractivity contribution in [3.63, 3.8) is 0 Å². The van der Waals surface area contributed by atoms with Crippen molar-refractivity contribution in [2.45, 2.75) is 32.8 Å². The summed E-state index contributed by atoms with van der Waals surface area (Å²) in [6, 6.07) is 17.6. The van der Waals surface area contributed by atoms with E-state index in [9.17, 15) is 18.8 Å². The Morgan fingerprint density at radius 2 is 1.63 bits per heavy atom. The lowest BCUT2D eigenvalue weighted by Crippen LogP contribution is -2.27. The molecule has 4 rings (SSSR count).